The molecule has 19 heavy (non-hydrogen) atoms. The molecular weight excluding hydrogens is 244 g/mol. The zero-order valence-electron chi connectivity index (χ0n) is 11.9. The van der Waals surface area contributed by atoms with Gasteiger partial charge in [-0.25, -0.2) is 0 Å². The molecule has 2 rings (SSSR count). The van der Waals surface area contributed by atoms with Gasteiger partial charge >= 0.3 is 5.97 Å². The van der Waals surface area contributed by atoms with Crippen LogP contribution in [0.15, 0.2) is 24.3 Å². The van der Waals surface area contributed by atoms with Gasteiger partial charge in [-0.3, -0.25) is 4.79 Å². The molecule has 0 atom stereocenters. The van der Waals surface area contributed by atoms with Crippen molar-refractivity contribution in [2.75, 3.05) is 27.4 Å². The molecule has 1 saturated heterocycles. The van der Waals surface area contributed by atoms with Crippen LogP contribution in [-0.2, 0) is 19.7 Å². The molecule has 0 N–H and O–H groups in total. The maximum absolute atomic E-state index is 12.1. The first-order valence-electron chi connectivity index (χ1n) is 6.28. The first kappa shape index (κ1) is 13.9. The molecule has 4 heteroatoms. The van der Waals surface area contributed by atoms with Crippen LogP contribution in [0.3, 0.4) is 0 Å². The van der Waals surface area contributed by atoms with Gasteiger partial charge in [-0.05, 0) is 31.5 Å². The molecule has 1 fully saturated rings. The van der Waals surface area contributed by atoms with E-state index in [0.717, 1.165) is 11.3 Å². The number of rotatable bonds is 4. The lowest BCUT2D eigenvalue weighted by molar-refractivity contribution is -0.174. The summed E-state index contributed by atoms with van der Waals surface area (Å²) in [7, 11) is 3.05. The van der Waals surface area contributed by atoms with E-state index < -0.39 is 5.41 Å². The molecule has 1 aliphatic rings. The second-order valence-electron chi connectivity index (χ2n) is 5.42. The third-order valence-electron chi connectivity index (χ3n) is 4.21. The van der Waals surface area contributed by atoms with Crippen LogP contribution >= 0.6 is 0 Å². The van der Waals surface area contributed by atoms with Gasteiger partial charge in [0.15, 0.2) is 0 Å². The van der Waals surface area contributed by atoms with Gasteiger partial charge in [0.2, 0.25) is 0 Å². The molecule has 0 unspecified atom stereocenters. The Kier molecular flexibility index (Phi) is 3.54. The third-order valence-corrected chi connectivity index (χ3v) is 4.21. The number of hydrogen-bond acceptors (Lipinski definition) is 4. The first-order valence-corrected chi connectivity index (χ1v) is 6.28. The lowest BCUT2D eigenvalue weighted by atomic mass is 9.60. The van der Waals surface area contributed by atoms with Gasteiger partial charge < -0.3 is 14.2 Å². The zero-order valence-corrected chi connectivity index (χ0v) is 11.9. The Bertz CT molecular complexity index is 475. The second-order valence-corrected chi connectivity index (χ2v) is 5.42. The topological polar surface area (TPSA) is 44.8 Å². The van der Waals surface area contributed by atoms with Crippen LogP contribution in [0.4, 0.5) is 0 Å². The Morgan fingerprint density at radius 1 is 1.32 bits per heavy atom. The van der Waals surface area contributed by atoms with E-state index in [0.29, 0.717) is 13.2 Å². The smallest absolute Gasteiger partial charge is 0.312 e. The SMILES string of the molecule is COC(=O)C(C)(C)C1(c2cccc(OC)c2)COC1. The van der Waals surface area contributed by atoms with Gasteiger partial charge in [0.25, 0.3) is 0 Å². The van der Waals surface area contributed by atoms with E-state index in [1.54, 1.807) is 7.11 Å². The number of methoxy groups -OCH3 is 2. The Balaban J connectivity index is 2.45. The van der Waals surface area contributed by atoms with Crippen molar-refractivity contribution < 1.29 is 19.0 Å². The highest BCUT2D eigenvalue weighted by Gasteiger charge is 2.56. The summed E-state index contributed by atoms with van der Waals surface area (Å²) >= 11 is 0. The first-order chi connectivity index (χ1) is 8.98. The lowest BCUT2D eigenvalue weighted by Gasteiger charge is -2.51. The molecular formula is C15H20O4. The highest BCUT2D eigenvalue weighted by atomic mass is 16.5. The number of ether oxygens (including phenoxy) is 3. The molecule has 1 aliphatic heterocycles. The Hall–Kier alpha value is -1.55. The molecule has 4 nitrogen and oxygen atoms in total. The quantitative estimate of drug-likeness (QED) is 0.782. The number of benzene rings is 1. The van der Waals surface area contributed by atoms with Gasteiger partial charge in [-0.1, -0.05) is 12.1 Å². The van der Waals surface area contributed by atoms with Crippen molar-refractivity contribution >= 4 is 5.97 Å². The highest BCUT2D eigenvalue weighted by Crippen LogP contribution is 2.48. The van der Waals surface area contributed by atoms with Crippen LogP contribution in [0.25, 0.3) is 0 Å². The minimum absolute atomic E-state index is 0.224. The normalized spacial score (nSPS) is 17.5. The summed E-state index contributed by atoms with van der Waals surface area (Å²) < 4.78 is 15.6. The van der Waals surface area contributed by atoms with Crippen LogP contribution < -0.4 is 4.74 Å². The Morgan fingerprint density at radius 3 is 2.47 bits per heavy atom. The van der Waals surface area contributed by atoms with E-state index in [2.05, 4.69) is 0 Å². The molecule has 0 amide bonds. The van der Waals surface area contributed by atoms with Gasteiger partial charge in [0.05, 0.1) is 38.3 Å². The number of esters is 1. The molecule has 0 spiro atoms. The number of hydrogen-bond donors (Lipinski definition) is 0. The summed E-state index contributed by atoms with van der Waals surface area (Å²) in [6, 6.07) is 7.80. The fourth-order valence-electron chi connectivity index (χ4n) is 2.57. The van der Waals surface area contributed by atoms with Crippen LogP contribution in [-0.4, -0.2) is 33.4 Å². The molecule has 0 saturated carbocycles. The summed E-state index contributed by atoms with van der Waals surface area (Å²) in [6.45, 7) is 4.84. The molecule has 1 heterocycles. The predicted molar refractivity (Wildman–Crippen MR) is 71.3 cm³/mol. The van der Waals surface area contributed by atoms with Crippen LogP contribution in [0.5, 0.6) is 5.75 Å². The van der Waals surface area contributed by atoms with E-state index in [4.69, 9.17) is 14.2 Å². The van der Waals surface area contributed by atoms with E-state index in [1.165, 1.54) is 7.11 Å². The molecule has 0 bridgehead atoms. The largest absolute Gasteiger partial charge is 0.497 e. The predicted octanol–water partition coefficient (Wildman–Crippen LogP) is 2.16. The standard InChI is InChI=1S/C15H20O4/c1-14(2,13(16)18-4)15(9-19-10-15)11-6-5-7-12(8-11)17-3/h5-8H,9-10H2,1-4H3. The maximum atomic E-state index is 12.1. The Morgan fingerprint density at radius 2 is 2.00 bits per heavy atom. The van der Waals surface area contributed by atoms with Crippen molar-refractivity contribution in [2.45, 2.75) is 19.3 Å². The van der Waals surface area contributed by atoms with E-state index in [-0.39, 0.29) is 11.4 Å². The minimum Gasteiger partial charge on any atom is -0.497 e. The fourth-order valence-corrected chi connectivity index (χ4v) is 2.57. The molecule has 1 aromatic carbocycles. The molecule has 104 valence electrons. The van der Waals surface area contributed by atoms with Crippen molar-refractivity contribution in [2.24, 2.45) is 5.41 Å². The minimum atomic E-state index is -0.646. The average Bonchev–Trinajstić information content (AvgIpc) is 2.36. The molecule has 0 aliphatic carbocycles. The number of carbonyl (C=O) groups is 1. The van der Waals surface area contributed by atoms with Gasteiger partial charge in [-0.15, -0.1) is 0 Å². The van der Waals surface area contributed by atoms with Crippen molar-refractivity contribution in [3.63, 3.8) is 0 Å². The summed E-state index contributed by atoms with van der Waals surface area (Å²) in [5.74, 6) is 0.558. The van der Waals surface area contributed by atoms with E-state index in [1.807, 2.05) is 38.1 Å². The van der Waals surface area contributed by atoms with Crippen LogP contribution in [0.2, 0.25) is 0 Å². The Labute approximate surface area is 113 Å². The lowest BCUT2D eigenvalue weighted by Crippen LogP contribution is -2.60. The fraction of sp³-hybridized carbons (Fsp3) is 0.533. The van der Waals surface area contributed by atoms with Crippen LogP contribution in [0, 0.1) is 5.41 Å². The molecule has 0 radical (unpaired) electrons. The molecule has 1 aromatic rings. The van der Waals surface area contributed by atoms with Gasteiger partial charge in [-0.2, -0.15) is 0 Å². The van der Waals surface area contributed by atoms with Crippen molar-refractivity contribution in [3.8, 4) is 5.75 Å². The third kappa shape index (κ3) is 2.00. The zero-order chi connectivity index (χ0) is 14.1. The maximum Gasteiger partial charge on any atom is 0.312 e. The van der Waals surface area contributed by atoms with Gasteiger partial charge in [0, 0.05) is 0 Å². The second kappa shape index (κ2) is 4.85. The monoisotopic (exact) mass is 264 g/mol. The number of carbonyl (C=O) groups excluding carboxylic acids is 1. The van der Waals surface area contributed by atoms with E-state index >= 15 is 0 Å². The highest BCUT2D eigenvalue weighted by molar-refractivity contribution is 5.78. The molecule has 0 aromatic heterocycles. The average molecular weight is 264 g/mol. The van der Waals surface area contributed by atoms with Gasteiger partial charge in [0.1, 0.15) is 5.75 Å². The van der Waals surface area contributed by atoms with Crippen molar-refractivity contribution in [1.29, 1.82) is 0 Å². The van der Waals surface area contributed by atoms with Crippen LogP contribution in [0.1, 0.15) is 19.4 Å². The summed E-state index contributed by atoms with van der Waals surface area (Å²) in [4.78, 5) is 12.1. The summed E-state index contributed by atoms with van der Waals surface area (Å²) in [5.41, 5.74) is 0.0505. The summed E-state index contributed by atoms with van der Waals surface area (Å²) in [6.07, 6.45) is 0. The van der Waals surface area contributed by atoms with Crippen molar-refractivity contribution in [1.82, 2.24) is 0 Å². The van der Waals surface area contributed by atoms with E-state index in [9.17, 15) is 4.79 Å². The summed E-state index contributed by atoms with van der Waals surface area (Å²) in [5, 5.41) is 0. The van der Waals surface area contributed by atoms with Crippen molar-refractivity contribution in [3.05, 3.63) is 29.8 Å².